The summed E-state index contributed by atoms with van der Waals surface area (Å²) in [5.41, 5.74) is 3.31. The van der Waals surface area contributed by atoms with E-state index in [9.17, 15) is 13.2 Å². The largest absolute Gasteiger partial charge is 0.495 e. The zero-order valence-corrected chi connectivity index (χ0v) is 19.4. The summed E-state index contributed by atoms with van der Waals surface area (Å²) in [6.45, 7) is 3.47. The van der Waals surface area contributed by atoms with Gasteiger partial charge in [0.05, 0.1) is 23.9 Å². The molecule has 3 aromatic carbocycles. The Balaban J connectivity index is 1.81. The Labute approximate surface area is 199 Å². The number of methoxy groups -OCH3 is 1. The molecule has 0 heterocycles. The van der Waals surface area contributed by atoms with Crippen LogP contribution < -0.4 is 19.2 Å². The number of carbonyl (C=O) groups excluding carboxylic acids is 1. The van der Waals surface area contributed by atoms with E-state index in [2.05, 4.69) is 17.1 Å². The number of nitrogens with one attached hydrogen (secondary N) is 1. The molecule has 1 amide bonds. The molecule has 0 saturated heterocycles. The van der Waals surface area contributed by atoms with Crippen LogP contribution in [0.1, 0.15) is 5.56 Å². The van der Waals surface area contributed by atoms with Gasteiger partial charge in [0.1, 0.15) is 24.7 Å². The lowest BCUT2D eigenvalue weighted by molar-refractivity contribution is -0.119. The van der Waals surface area contributed by atoms with Crippen LogP contribution in [-0.4, -0.2) is 40.8 Å². The van der Waals surface area contributed by atoms with E-state index in [1.165, 1.54) is 25.5 Å². The third-order valence-corrected chi connectivity index (χ3v) is 6.38. The Kier molecular flexibility index (Phi) is 8.42. The van der Waals surface area contributed by atoms with Gasteiger partial charge in [-0.2, -0.15) is 5.10 Å². The van der Waals surface area contributed by atoms with E-state index in [0.717, 1.165) is 4.31 Å². The number of benzene rings is 3. The lowest BCUT2D eigenvalue weighted by Gasteiger charge is -2.25. The highest BCUT2D eigenvalue weighted by Gasteiger charge is 2.29. The molecule has 0 unspecified atom stereocenters. The number of ether oxygens (including phenoxy) is 2. The van der Waals surface area contributed by atoms with Crippen molar-refractivity contribution in [1.29, 1.82) is 0 Å². The molecule has 0 spiro atoms. The average molecular weight is 480 g/mol. The molecule has 0 aliphatic carbocycles. The minimum Gasteiger partial charge on any atom is -0.495 e. The molecule has 1 N–H and O–H groups in total. The van der Waals surface area contributed by atoms with Crippen LogP contribution in [0.25, 0.3) is 0 Å². The maximum absolute atomic E-state index is 13.4. The summed E-state index contributed by atoms with van der Waals surface area (Å²) in [5.74, 6) is 0.321. The minimum absolute atomic E-state index is 0.0496. The van der Waals surface area contributed by atoms with Gasteiger partial charge in [-0.3, -0.25) is 9.10 Å². The summed E-state index contributed by atoms with van der Waals surface area (Å²) in [6, 6.07) is 21.6. The van der Waals surface area contributed by atoms with E-state index in [1.807, 2.05) is 0 Å². The van der Waals surface area contributed by atoms with Gasteiger partial charge in [-0.05, 0) is 42.0 Å². The lowest BCUT2D eigenvalue weighted by atomic mass is 10.2. The monoisotopic (exact) mass is 479 g/mol. The number of hydrogen-bond donors (Lipinski definition) is 1. The first-order chi connectivity index (χ1) is 16.5. The van der Waals surface area contributed by atoms with Gasteiger partial charge in [0.2, 0.25) is 0 Å². The first kappa shape index (κ1) is 24.5. The summed E-state index contributed by atoms with van der Waals surface area (Å²) in [4.78, 5) is 12.7. The molecule has 0 radical (unpaired) electrons. The van der Waals surface area contributed by atoms with E-state index in [-0.39, 0.29) is 10.6 Å². The van der Waals surface area contributed by atoms with Crippen LogP contribution >= 0.6 is 0 Å². The molecule has 9 heteroatoms. The Bertz CT molecular complexity index is 1260. The number of carbonyl (C=O) groups is 1. The van der Waals surface area contributed by atoms with Gasteiger partial charge in [-0.15, -0.1) is 0 Å². The second kappa shape index (κ2) is 11.7. The van der Waals surface area contributed by atoms with Crippen molar-refractivity contribution >= 4 is 27.8 Å². The van der Waals surface area contributed by atoms with E-state index in [1.54, 1.807) is 72.8 Å². The smallest absolute Gasteiger partial charge is 0.264 e. The van der Waals surface area contributed by atoms with Crippen molar-refractivity contribution in [3.05, 3.63) is 97.1 Å². The molecule has 0 fully saturated rings. The van der Waals surface area contributed by atoms with Crippen LogP contribution in [0.15, 0.2) is 102 Å². The van der Waals surface area contributed by atoms with E-state index >= 15 is 0 Å². The SMILES string of the molecule is C=CCOc1cccc(/C=N\NC(=O)CN(c2ccccc2OC)S(=O)(=O)c2ccccc2)c1. The second-order valence-corrected chi connectivity index (χ2v) is 8.82. The molecule has 34 heavy (non-hydrogen) atoms. The molecule has 0 atom stereocenters. The normalized spacial score (nSPS) is 11.1. The average Bonchev–Trinajstić information content (AvgIpc) is 2.86. The van der Waals surface area contributed by atoms with Crippen LogP contribution in [0.4, 0.5) is 5.69 Å². The van der Waals surface area contributed by atoms with Crippen molar-refractivity contribution in [2.75, 3.05) is 24.6 Å². The highest BCUT2D eigenvalue weighted by atomic mass is 32.2. The summed E-state index contributed by atoms with van der Waals surface area (Å²) in [5, 5.41) is 3.95. The molecular weight excluding hydrogens is 454 g/mol. The fraction of sp³-hybridized carbons (Fsp3) is 0.120. The molecule has 0 bridgehead atoms. The van der Waals surface area contributed by atoms with Crippen molar-refractivity contribution in [2.45, 2.75) is 4.90 Å². The Morgan fingerprint density at radius 1 is 1.06 bits per heavy atom. The molecule has 8 nitrogen and oxygen atoms in total. The molecule has 0 aliphatic heterocycles. The molecule has 3 rings (SSSR count). The standard InChI is InChI=1S/C25H25N3O5S/c1-3-16-33-21-11-9-10-20(17-21)18-26-27-25(29)19-28(23-14-7-8-15-24(23)32-2)34(30,31)22-12-5-4-6-13-22/h3-15,17-18H,1,16,19H2,2H3,(H,27,29)/b26-18-. The summed E-state index contributed by atoms with van der Waals surface area (Å²) >= 11 is 0. The van der Waals surface area contributed by atoms with Crippen molar-refractivity contribution in [3.63, 3.8) is 0 Å². The number of sulfonamides is 1. The molecule has 0 saturated carbocycles. The zero-order valence-electron chi connectivity index (χ0n) is 18.6. The number of para-hydroxylation sites is 2. The van der Waals surface area contributed by atoms with Gasteiger partial charge in [-0.1, -0.05) is 55.1 Å². The first-order valence-corrected chi connectivity index (χ1v) is 11.8. The molecule has 176 valence electrons. The van der Waals surface area contributed by atoms with Crippen molar-refractivity contribution < 1.29 is 22.7 Å². The van der Waals surface area contributed by atoms with Crippen LogP contribution in [0.2, 0.25) is 0 Å². The van der Waals surface area contributed by atoms with Gasteiger partial charge in [-0.25, -0.2) is 13.8 Å². The number of amides is 1. The Morgan fingerprint density at radius 2 is 1.79 bits per heavy atom. The lowest BCUT2D eigenvalue weighted by Crippen LogP contribution is -2.39. The van der Waals surface area contributed by atoms with Gasteiger partial charge >= 0.3 is 0 Å². The third-order valence-electron chi connectivity index (χ3n) is 4.60. The number of hydrogen-bond acceptors (Lipinski definition) is 6. The van der Waals surface area contributed by atoms with Crippen LogP contribution in [0.5, 0.6) is 11.5 Å². The van der Waals surface area contributed by atoms with Gasteiger partial charge in [0.15, 0.2) is 0 Å². The van der Waals surface area contributed by atoms with E-state index in [0.29, 0.717) is 23.7 Å². The second-order valence-electron chi connectivity index (χ2n) is 6.96. The van der Waals surface area contributed by atoms with Crippen molar-refractivity contribution in [2.24, 2.45) is 5.10 Å². The maximum Gasteiger partial charge on any atom is 0.264 e. The predicted molar refractivity (Wildman–Crippen MR) is 132 cm³/mol. The van der Waals surface area contributed by atoms with Crippen molar-refractivity contribution in [1.82, 2.24) is 5.43 Å². The number of hydrazone groups is 1. The molecule has 0 aromatic heterocycles. The van der Waals surface area contributed by atoms with Gasteiger partial charge < -0.3 is 9.47 Å². The maximum atomic E-state index is 13.4. The fourth-order valence-electron chi connectivity index (χ4n) is 3.04. The predicted octanol–water partition coefficient (Wildman–Crippen LogP) is 3.61. The summed E-state index contributed by atoms with van der Waals surface area (Å²) in [7, 11) is -2.62. The molecular formula is C25H25N3O5S. The molecule has 3 aromatic rings. The number of anilines is 1. The van der Waals surface area contributed by atoms with E-state index in [4.69, 9.17) is 9.47 Å². The van der Waals surface area contributed by atoms with Crippen LogP contribution in [0.3, 0.4) is 0 Å². The fourth-order valence-corrected chi connectivity index (χ4v) is 4.49. The van der Waals surface area contributed by atoms with Crippen molar-refractivity contribution in [3.8, 4) is 11.5 Å². The zero-order chi connectivity index (χ0) is 24.4. The third kappa shape index (κ3) is 6.23. The van der Waals surface area contributed by atoms with Crippen LogP contribution in [-0.2, 0) is 14.8 Å². The quantitative estimate of drug-likeness (QED) is 0.257. The topological polar surface area (TPSA) is 97.3 Å². The van der Waals surface area contributed by atoms with Gasteiger partial charge in [0.25, 0.3) is 15.9 Å². The van der Waals surface area contributed by atoms with Gasteiger partial charge in [0, 0.05) is 0 Å². The summed E-state index contributed by atoms with van der Waals surface area (Å²) < 4.78 is 38.6. The first-order valence-electron chi connectivity index (χ1n) is 10.3. The van der Waals surface area contributed by atoms with E-state index < -0.39 is 22.5 Å². The Morgan fingerprint density at radius 3 is 2.53 bits per heavy atom. The minimum atomic E-state index is -4.06. The Hall–Kier alpha value is -4.11. The number of rotatable bonds is 11. The number of nitrogens with zero attached hydrogens (tertiary/aromatic N) is 2. The van der Waals surface area contributed by atoms with Crippen LogP contribution in [0, 0.1) is 0 Å². The summed E-state index contributed by atoms with van der Waals surface area (Å²) in [6.07, 6.45) is 3.08. The highest BCUT2D eigenvalue weighted by Crippen LogP contribution is 2.32. The highest BCUT2D eigenvalue weighted by molar-refractivity contribution is 7.92. The molecule has 0 aliphatic rings.